The Labute approximate surface area is 145 Å². The molecule has 0 saturated carbocycles. The van der Waals surface area contributed by atoms with Crippen LogP contribution < -0.4 is 0 Å². The van der Waals surface area contributed by atoms with Crippen LogP contribution in [0.25, 0.3) is 16.7 Å². The Morgan fingerprint density at radius 3 is 2.16 bits per heavy atom. The van der Waals surface area contributed by atoms with Crippen molar-refractivity contribution < 1.29 is 15.0 Å². The van der Waals surface area contributed by atoms with Gasteiger partial charge in [-0.1, -0.05) is 32.9 Å². The molecule has 0 aliphatic heterocycles. The zero-order chi connectivity index (χ0) is 18.2. The number of rotatable bonds is 5. The van der Waals surface area contributed by atoms with Crippen LogP contribution in [0.3, 0.4) is 0 Å². The Hall–Kier alpha value is -2.89. The van der Waals surface area contributed by atoms with Crippen molar-refractivity contribution in [2.75, 3.05) is 0 Å². The number of hydrogen-bond acceptors (Lipinski definition) is 4. The standard InChI is InChI=1S/C19H21N3O3/c1-4-19(3,5-2)13-10-12(18(24)25)11-16(17(13)23)22-20-14-8-6-7-9-15(14)21-22/h6-11,23H,4-5H2,1-3H3,(H,24,25). The minimum Gasteiger partial charge on any atom is -0.505 e. The van der Waals surface area contributed by atoms with Crippen molar-refractivity contribution in [3.8, 4) is 11.4 Å². The van der Waals surface area contributed by atoms with E-state index in [0.29, 0.717) is 16.6 Å². The molecule has 0 bridgehead atoms. The summed E-state index contributed by atoms with van der Waals surface area (Å²) in [5, 5.41) is 29.1. The molecule has 0 fully saturated rings. The number of aromatic hydroxyl groups is 1. The van der Waals surface area contributed by atoms with E-state index in [1.54, 1.807) is 6.07 Å². The second-order valence-corrected chi connectivity index (χ2v) is 6.44. The lowest BCUT2D eigenvalue weighted by Gasteiger charge is -2.29. The van der Waals surface area contributed by atoms with Crippen molar-refractivity contribution in [3.05, 3.63) is 47.5 Å². The summed E-state index contributed by atoms with van der Waals surface area (Å²) in [7, 11) is 0. The number of benzene rings is 2. The third-order valence-corrected chi connectivity index (χ3v) is 5.05. The Balaban J connectivity index is 2.28. The zero-order valence-electron chi connectivity index (χ0n) is 14.5. The Morgan fingerprint density at radius 1 is 1.12 bits per heavy atom. The van der Waals surface area contributed by atoms with Gasteiger partial charge in [0.05, 0.1) is 5.56 Å². The first-order chi connectivity index (χ1) is 11.9. The second kappa shape index (κ2) is 6.20. The molecule has 25 heavy (non-hydrogen) atoms. The van der Waals surface area contributed by atoms with Gasteiger partial charge in [0.25, 0.3) is 0 Å². The van der Waals surface area contributed by atoms with Crippen molar-refractivity contribution in [2.24, 2.45) is 0 Å². The lowest BCUT2D eigenvalue weighted by molar-refractivity contribution is 0.0696. The highest BCUT2D eigenvalue weighted by Crippen LogP contribution is 2.40. The molecule has 0 unspecified atom stereocenters. The van der Waals surface area contributed by atoms with Crippen LogP contribution in [0.2, 0.25) is 0 Å². The van der Waals surface area contributed by atoms with Crippen LogP contribution in [0.5, 0.6) is 5.75 Å². The number of carboxylic acids is 1. The predicted octanol–water partition coefficient (Wildman–Crippen LogP) is 3.90. The molecule has 0 aliphatic carbocycles. The van der Waals surface area contributed by atoms with Crippen molar-refractivity contribution in [3.63, 3.8) is 0 Å². The number of phenolic OH excluding ortho intramolecular Hbond substituents is 1. The van der Waals surface area contributed by atoms with Crippen LogP contribution in [-0.2, 0) is 5.41 Å². The number of carboxylic acid groups (broad SMARTS) is 1. The van der Waals surface area contributed by atoms with E-state index in [2.05, 4.69) is 10.2 Å². The molecule has 2 aromatic carbocycles. The average molecular weight is 339 g/mol. The van der Waals surface area contributed by atoms with Gasteiger partial charge in [0.15, 0.2) is 0 Å². The molecule has 1 aromatic heterocycles. The van der Waals surface area contributed by atoms with Gasteiger partial charge in [-0.3, -0.25) is 0 Å². The summed E-state index contributed by atoms with van der Waals surface area (Å²) in [5.74, 6) is -1.02. The van der Waals surface area contributed by atoms with E-state index in [1.807, 2.05) is 45.0 Å². The van der Waals surface area contributed by atoms with Crippen molar-refractivity contribution >= 4 is 17.0 Å². The summed E-state index contributed by atoms with van der Waals surface area (Å²) in [6, 6.07) is 10.3. The van der Waals surface area contributed by atoms with Gasteiger partial charge in [-0.05, 0) is 42.5 Å². The van der Waals surface area contributed by atoms with E-state index >= 15 is 0 Å². The van der Waals surface area contributed by atoms with Gasteiger partial charge in [-0.25, -0.2) is 4.79 Å². The van der Waals surface area contributed by atoms with E-state index in [4.69, 9.17) is 0 Å². The predicted molar refractivity (Wildman–Crippen MR) is 95.4 cm³/mol. The monoisotopic (exact) mass is 339 g/mol. The largest absolute Gasteiger partial charge is 0.505 e. The molecule has 3 aromatic rings. The highest BCUT2D eigenvalue weighted by Gasteiger charge is 2.29. The molecular weight excluding hydrogens is 318 g/mol. The molecule has 6 heteroatoms. The minimum atomic E-state index is -1.05. The van der Waals surface area contributed by atoms with Crippen molar-refractivity contribution in [1.29, 1.82) is 0 Å². The van der Waals surface area contributed by atoms with Gasteiger partial charge >= 0.3 is 5.97 Å². The van der Waals surface area contributed by atoms with Crippen molar-refractivity contribution in [1.82, 2.24) is 15.0 Å². The fourth-order valence-electron chi connectivity index (χ4n) is 2.95. The Bertz CT molecular complexity index is 909. The Morgan fingerprint density at radius 2 is 1.68 bits per heavy atom. The van der Waals surface area contributed by atoms with E-state index in [-0.39, 0.29) is 22.4 Å². The fraction of sp³-hybridized carbons (Fsp3) is 0.316. The average Bonchev–Trinajstić information content (AvgIpc) is 3.04. The fourth-order valence-corrected chi connectivity index (χ4v) is 2.95. The summed E-state index contributed by atoms with van der Waals surface area (Å²) in [6.07, 6.45) is 1.54. The van der Waals surface area contributed by atoms with Crippen LogP contribution in [0, 0.1) is 0 Å². The molecular formula is C19H21N3O3. The van der Waals surface area contributed by atoms with Gasteiger partial charge in [-0.15, -0.1) is 15.0 Å². The first-order valence-corrected chi connectivity index (χ1v) is 8.33. The van der Waals surface area contributed by atoms with Gasteiger partial charge in [0.2, 0.25) is 0 Å². The third-order valence-electron chi connectivity index (χ3n) is 5.05. The third kappa shape index (κ3) is 2.84. The molecule has 0 aliphatic rings. The SMILES string of the molecule is CCC(C)(CC)c1cc(C(=O)O)cc(-n2nc3ccccc3n2)c1O. The smallest absolute Gasteiger partial charge is 0.335 e. The van der Waals surface area contributed by atoms with Crippen molar-refractivity contribution in [2.45, 2.75) is 39.0 Å². The first-order valence-electron chi connectivity index (χ1n) is 8.33. The van der Waals surface area contributed by atoms with E-state index in [0.717, 1.165) is 12.8 Å². The normalized spacial score (nSPS) is 11.8. The molecule has 130 valence electrons. The summed E-state index contributed by atoms with van der Waals surface area (Å²) < 4.78 is 0. The number of aromatic nitrogens is 3. The number of nitrogens with zero attached hydrogens (tertiary/aromatic N) is 3. The topological polar surface area (TPSA) is 88.2 Å². The number of fused-ring (bicyclic) bond motifs is 1. The molecule has 6 nitrogen and oxygen atoms in total. The Kier molecular flexibility index (Phi) is 4.20. The molecule has 2 N–H and O–H groups in total. The highest BCUT2D eigenvalue weighted by molar-refractivity contribution is 5.89. The molecule has 1 heterocycles. The lowest BCUT2D eigenvalue weighted by Crippen LogP contribution is -2.21. The van der Waals surface area contributed by atoms with Crippen LogP contribution in [0.1, 0.15) is 49.5 Å². The number of phenols is 1. The minimum absolute atomic E-state index is 0.0245. The van der Waals surface area contributed by atoms with Gasteiger partial charge in [0, 0.05) is 5.56 Å². The highest BCUT2D eigenvalue weighted by atomic mass is 16.4. The van der Waals surface area contributed by atoms with Crippen LogP contribution >= 0.6 is 0 Å². The van der Waals surface area contributed by atoms with Crippen LogP contribution in [-0.4, -0.2) is 31.2 Å². The molecule has 0 spiro atoms. The summed E-state index contributed by atoms with van der Waals surface area (Å²) in [4.78, 5) is 12.9. The summed E-state index contributed by atoms with van der Waals surface area (Å²) >= 11 is 0. The van der Waals surface area contributed by atoms with Crippen LogP contribution in [0.15, 0.2) is 36.4 Å². The molecule has 3 rings (SSSR count). The van der Waals surface area contributed by atoms with E-state index in [1.165, 1.54) is 10.9 Å². The van der Waals surface area contributed by atoms with Crippen LogP contribution in [0.4, 0.5) is 0 Å². The van der Waals surface area contributed by atoms with Gasteiger partial charge < -0.3 is 10.2 Å². The quantitative estimate of drug-likeness (QED) is 0.736. The lowest BCUT2D eigenvalue weighted by atomic mass is 9.76. The number of hydrogen-bond donors (Lipinski definition) is 2. The van der Waals surface area contributed by atoms with Gasteiger partial charge in [-0.2, -0.15) is 0 Å². The maximum atomic E-state index is 11.6. The number of carbonyl (C=O) groups is 1. The maximum absolute atomic E-state index is 11.6. The van der Waals surface area contributed by atoms with Gasteiger partial charge in [0.1, 0.15) is 22.5 Å². The maximum Gasteiger partial charge on any atom is 0.335 e. The zero-order valence-corrected chi connectivity index (χ0v) is 14.5. The number of aromatic carboxylic acids is 1. The molecule has 0 saturated heterocycles. The summed E-state index contributed by atoms with van der Waals surface area (Å²) in [5.41, 5.74) is 2.01. The first kappa shape index (κ1) is 17.0. The summed E-state index contributed by atoms with van der Waals surface area (Å²) in [6.45, 7) is 6.07. The van der Waals surface area contributed by atoms with E-state index in [9.17, 15) is 15.0 Å². The second-order valence-electron chi connectivity index (χ2n) is 6.44. The van der Waals surface area contributed by atoms with E-state index < -0.39 is 5.97 Å². The molecule has 0 atom stereocenters. The molecule has 0 amide bonds. The molecule has 0 radical (unpaired) electrons.